The van der Waals surface area contributed by atoms with E-state index in [1.807, 2.05) is 34.6 Å². The van der Waals surface area contributed by atoms with Crippen LogP contribution in [0.2, 0.25) is 0 Å². The Morgan fingerprint density at radius 3 is 2.33 bits per heavy atom. The SMILES string of the molecule is Cc1ccc(F)cc1CC(=O)C(C)(C)C(C)(C)N. The monoisotopic (exact) mass is 251 g/mol. The highest BCUT2D eigenvalue weighted by atomic mass is 19.1. The number of aryl methyl sites for hydroxylation is 1. The highest BCUT2D eigenvalue weighted by Gasteiger charge is 2.39. The Balaban J connectivity index is 2.98. The van der Waals surface area contributed by atoms with Crippen LogP contribution in [0.1, 0.15) is 38.8 Å². The number of ketones is 1. The summed E-state index contributed by atoms with van der Waals surface area (Å²) >= 11 is 0. The summed E-state index contributed by atoms with van der Waals surface area (Å²) in [6.07, 6.45) is 0.219. The summed E-state index contributed by atoms with van der Waals surface area (Å²) in [5, 5.41) is 0. The molecule has 0 radical (unpaired) electrons. The van der Waals surface area contributed by atoms with Gasteiger partial charge in [-0.05, 0) is 44.0 Å². The summed E-state index contributed by atoms with van der Waals surface area (Å²) < 4.78 is 13.2. The Kier molecular flexibility index (Phi) is 3.96. The maximum atomic E-state index is 13.2. The van der Waals surface area contributed by atoms with Gasteiger partial charge in [-0.25, -0.2) is 4.39 Å². The molecule has 0 spiro atoms. The fourth-order valence-corrected chi connectivity index (χ4v) is 1.58. The van der Waals surface area contributed by atoms with Crippen LogP contribution in [0, 0.1) is 18.2 Å². The van der Waals surface area contributed by atoms with Crippen LogP contribution in [0.5, 0.6) is 0 Å². The Morgan fingerprint density at radius 2 is 1.83 bits per heavy atom. The molecule has 0 aliphatic heterocycles. The molecule has 18 heavy (non-hydrogen) atoms. The Bertz CT molecular complexity index is 458. The number of hydrogen-bond acceptors (Lipinski definition) is 2. The van der Waals surface area contributed by atoms with Crippen LogP contribution >= 0.6 is 0 Å². The van der Waals surface area contributed by atoms with Crippen molar-refractivity contribution < 1.29 is 9.18 Å². The lowest BCUT2D eigenvalue weighted by atomic mass is 9.70. The summed E-state index contributed by atoms with van der Waals surface area (Å²) in [7, 11) is 0. The molecule has 0 fully saturated rings. The summed E-state index contributed by atoms with van der Waals surface area (Å²) in [4.78, 5) is 12.3. The zero-order chi connectivity index (χ0) is 14.1. The molecule has 0 aromatic heterocycles. The minimum Gasteiger partial charge on any atom is -0.325 e. The lowest BCUT2D eigenvalue weighted by Crippen LogP contribution is -2.52. The van der Waals surface area contributed by atoms with Gasteiger partial charge in [-0.15, -0.1) is 0 Å². The summed E-state index contributed by atoms with van der Waals surface area (Å²) in [5.41, 5.74) is 6.45. The maximum absolute atomic E-state index is 13.2. The normalized spacial score (nSPS) is 12.6. The maximum Gasteiger partial charge on any atom is 0.144 e. The van der Waals surface area contributed by atoms with Crippen LogP contribution < -0.4 is 5.73 Å². The van der Waals surface area contributed by atoms with Gasteiger partial charge in [-0.1, -0.05) is 19.9 Å². The van der Waals surface area contributed by atoms with Crippen molar-refractivity contribution >= 4 is 5.78 Å². The minimum absolute atomic E-state index is 0.0312. The molecule has 3 heteroatoms. The molecule has 0 atom stereocenters. The van der Waals surface area contributed by atoms with E-state index in [1.165, 1.54) is 12.1 Å². The van der Waals surface area contributed by atoms with Crippen molar-refractivity contribution in [2.45, 2.75) is 46.6 Å². The van der Waals surface area contributed by atoms with Gasteiger partial charge in [0.1, 0.15) is 11.6 Å². The van der Waals surface area contributed by atoms with Crippen molar-refractivity contribution in [3.8, 4) is 0 Å². The van der Waals surface area contributed by atoms with Crippen molar-refractivity contribution in [1.29, 1.82) is 0 Å². The molecule has 1 aromatic carbocycles. The van der Waals surface area contributed by atoms with Gasteiger partial charge in [0.15, 0.2) is 0 Å². The summed E-state index contributed by atoms with van der Waals surface area (Å²) in [5.74, 6) is -0.281. The molecule has 100 valence electrons. The molecule has 0 aliphatic carbocycles. The molecule has 0 saturated carbocycles. The fraction of sp³-hybridized carbons (Fsp3) is 0.533. The topological polar surface area (TPSA) is 43.1 Å². The molecule has 1 rings (SSSR count). The van der Waals surface area contributed by atoms with E-state index in [-0.39, 0.29) is 18.0 Å². The number of halogens is 1. The van der Waals surface area contributed by atoms with Crippen molar-refractivity contribution in [3.05, 3.63) is 35.1 Å². The van der Waals surface area contributed by atoms with Crippen LogP contribution in [0.25, 0.3) is 0 Å². The number of nitrogens with two attached hydrogens (primary N) is 1. The molecule has 0 unspecified atom stereocenters. The van der Waals surface area contributed by atoms with Crippen molar-refractivity contribution in [1.82, 2.24) is 0 Å². The molecule has 0 aliphatic rings. The fourth-order valence-electron chi connectivity index (χ4n) is 1.58. The second-order valence-corrected chi connectivity index (χ2v) is 6.02. The zero-order valence-electron chi connectivity index (χ0n) is 11.8. The van der Waals surface area contributed by atoms with Crippen molar-refractivity contribution in [2.75, 3.05) is 0 Å². The first-order chi connectivity index (χ1) is 8.05. The smallest absolute Gasteiger partial charge is 0.144 e. The van der Waals surface area contributed by atoms with Gasteiger partial charge < -0.3 is 5.73 Å². The molecular formula is C15H22FNO. The second kappa shape index (κ2) is 4.81. The molecule has 2 nitrogen and oxygen atoms in total. The third kappa shape index (κ3) is 2.96. The number of hydrogen-bond donors (Lipinski definition) is 1. The van der Waals surface area contributed by atoms with E-state index in [4.69, 9.17) is 5.73 Å². The van der Waals surface area contributed by atoms with E-state index in [9.17, 15) is 9.18 Å². The molecule has 0 heterocycles. The number of carbonyl (C=O) groups excluding carboxylic acids is 1. The number of benzene rings is 1. The molecule has 0 amide bonds. The van der Waals surface area contributed by atoms with Crippen LogP contribution in [0.3, 0.4) is 0 Å². The van der Waals surface area contributed by atoms with E-state index < -0.39 is 11.0 Å². The molecule has 1 aromatic rings. The second-order valence-electron chi connectivity index (χ2n) is 6.02. The Morgan fingerprint density at radius 1 is 1.28 bits per heavy atom. The lowest BCUT2D eigenvalue weighted by Gasteiger charge is -2.37. The predicted octanol–water partition coefficient (Wildman–Crippen LogP) is 3.01. The van der Waals surface area contributed by atoms with Crippen molar-refractivity contribution in [3.63, 3.8) is 0 Å². The molecule has 0 saturated heterocycles. The lowest BCUT2D eigenvalue weighted by molar-refractivity contribution is -0.129. The first kappa shape index (κ1) is 14.8. The van der Waals surface area contributed by atoms with Crippen LogP contribution in [0.15, 0.2) is 18.2 Å². The third-order valence-corrected chi connectivity index (χ3v) is 3.97. The number of carbonyl (C=O) groups is 1. The van der Waals surface area contributed by atoms with Gasteiger partial charge in [-0.3, -0.25) is 4.79 Å². The summed E-state index contributed by atoms with van der Waals surface area (Å²) in [6, 6.07) is 4.52. The highest BCUT2D eigenvalue weighted by Crippen LogP contribution is 2.31. The van der Waals surface area contributed by atoms with Gasteiger partial charge in [0.2, 0.25) is 0 Å². The third-order valence-electron chi connectivity index (χ3n) is 3.97. The first-order valence-electron chi connectivity index (χ1n) is 6.13. The first-order valence-corrected chi connectivity index (χ1v) is 6.13. The number of rotatable bonds is 4. The average Bonchev–Trinajstić information content (AvgIpc) is 2.21. The van der Waals surface area contributed by atoms with E-state index >= 15 is 0 Å². The predicted molar refractivity (Wildman–Crippen MR) is 71.9 cm³/mol. The van der Waals surface area contributed by atoms with Crippen LogP contribution in [-0.2, 0) is 11.2 Å². The van der Waals surface area contributed by atoms with Crippen LogP contribution in [-0.4, -0.2) is 11.3 Å². The minimum atomic E-state index is -0.647. The molecule has 2 N–H and O–H groups in total. The van der Waals surface area contributed by atoms with E-state index in [2.05, 4.69) is 0 Å². The van der Waals surface area contributed by atoms with E-state index in [1.54, 1.807) is 6.07 Å². The van der Waals surface area contributed by atoms with Gasteiger partial charge in [0.25, 0.3) is 0 Å². The van der Waals surface area contributed by atoms with Gasteiger partial charge in [-0.2, -0.15) is 0 Å². The van der Waals surface area contributed by atoms with E-state index in [0.717, 1.165) is 11.1 Å². The van der Waals surface area contributed by atoms with Crippen molar-refractivity contribution in [2.24, 2.45) is 11.1 Å². The standard InChI is InChI=1S/C15H22FNO/c1-10-6-7-12(16)8-11(10)9-13(18)14(2,3)15(4,5)17/h6-8H,9,17H2,1-5H3. The Labute approximate surface area is 108 Å². The van der Waals surface area contributed by atoms with E-state index in [0.29, 0.717) is 0 Å². The number of Topliss-reactive ketones (excluding diaryl/α,β-unsaturated/α-hetero) is 1. The van der Waals surface area contributed by atoms with Gasteiger partial charge >= 0.3 is 0 Å². The Hall–Kier alpha value is -1.22. The molecular weight excluding hydrogens is 229 g/mol. The summed E-state index contributed by atoms with van der Waals surface area (Å²) in [6.45, 7) is 9.23. The quantitative estimate of drug-likeness (QED) is 0.894. The van der Waals surface area contributed by atoms with Gasteiger partial charge in [0, 0.05) is 17.4 Å². The average molecular weight is 251 g/mol. The van der Waals surface area contributed by atoms with Gasteiger partial charge in [0.05, 0.1) is 0 Å². The van der Waals surface area contributed by atoms with Crippen LogP contribution in [0.4, 0.5) is 4.39 Å². The zero-order valence-corrected chi connectivity index (χ0v) is 11.8. The highest BCUT2D eigenvalue weighted by molar-refractivity contribution is 5.87. The largest absolute Gasteiger partial charge is 0.325 e. The molecule has 0 bridgehead atoms.